The lowest BCUT2D eigenvalue weighted by Crippen LogP contribution is -2.22. The van der Waals surface area contributed by atoms with Crippen LogP contribution in [0.5, 0.6) is 28.7 Å². The van der Waals surface area contributed by atoms with Crippen molar-refractivity contribution in [1.29, 1.82) is 5.26 Å². The first-order chi connectivity index (χ1) is 21.8. The van der Waals surface area contributed by atoms with Crippen molar-refractivity contribution in [3.05, 3.63) is 129 Å². The lowest BCUT2D eigenvalue weighted by Gasteiger charge is -2.27. The summed E-state index contributed by atoms with van der Waals surface area (Å²) in [6, 6.07) is 23.6. The van der Waals surface area contributed by atoms with Crippen LogP contribution in [0.2, 0.25) is 0 Å². The number of fused-ring (bicyclic) bond motifs is 1. The number of carbonyl (C=O) groups excluding carboxylic acids is 1. The first-order valence-corrected chi connectivity index (χ1v) is 13.7. The number of carbonyl (C=O) groups is 1. The highest BCUT2D eigenvalue weighted by atomic mass is 19.1. The van der Waals surface area contributed by atoms with Gasteiger partial charge < -0.3 is 29.4 Å². The fourth-order valence-corrected chi connectivity index (χ4v) is 4.70. The number of nitro benzene ring substituents is 1. The van der Waals surface area contributed by atoms with Crippen molar-refractivity contribution in [3.63, 3.8) is 0 Å². The Balaban J connectivity index is 1.36. The summed E-state index contributed by atoms with van der Waals surface area (Å²) in [5, 5.41) is 21.2. The Morgan fingerprint density at radius 3 is 2.51 bits per heavy atom. The average molecular weight is 612 g/mol. The number of rotatable bonds is 11. The molecule has 0 radical (unpaired) electrons. The van der Waals surface area contributed by atoms with E-state index in [1.54, 1.807) is 42.5 Å². The molecule has 1 aliphatic heterocycles. The van der Waals surface area contributed by atoms with E-state index in [9.17, 15) is 24.6 Å². The first-order valence-electron chi connectivity index (χ1n) is 13.7. The van der Waals surface area contributed by atoms with Gasteiger partial charge in [0.1, 0.15) is 35.6 Å². The standard InChI is InChI=1S/C33H26FN3O8/c1-2-41-30-15-21(9-14-28(30)42-18-20-7-10-22(34)11-8-20)32-24-13-12-23(16-29(24)45-33(36)25(32)17-35)44-31(38)19-43-27-6-4-3-5-26(27)37(39)40/h3-16,32H,2,18-19,36H2,1H3. The minimum Gasteiger partial charge on any atom is -0.490 e. The van der Waals surface area contributed by atoms with Crippen LogP contribution >= 0.6 is 0 Å². The molecular formula is C33H26FN3O8. The molecule has 4 aromatic rings. The van der Waals surface area contributed by atoms with Gasteiger partial charge in [0.2, 0.25) is 5.88 Å². The van der Waals surface area contributed by atoms with Crippen molar-refractivity contribution in [2.45, 2.75) is 19.4 Å². The molecule has 0 saturated carbocycles. The third kappa shape index (κ3) is 6.94. The van der Waals surface area contributed by atoms with E-state index in [4.69, 9.17) is 29.4 Å². The van der Waals surface area contributed by atoms with Gasteiger partial charge in [-0.2, -0.15) is 5.26 Å². The molecule has 1 aliphatic rings. The molecule has 4 aromatic carbocycles. The van der Waals surface area contributed by atoms with Crippen LogP contribution in [0.25, 0.3) is 0 Å². The van der Waals surface area contributed by atoms with E-state index < -0.39 is 23.4 Å². The predicted octanol–water partition coefficient (Wildman–Crippen LogP) is 5.91. The van der Waals surface area contributed by atoms with Gasteiger partial charge in [-0.15, -0.1) is 0 Å². The molecule has 45 heavy (non-hydrogen) atoms. The molecule has 1 atom stereocenters. The van der Waals surface area contributed by atoms with Crippen LogP contribution in [0, 0.1) is 27.3 Å². The third-order valence-electron chi connectivity index (χ3n) is 6.74. The van der Waals surface area contributed by atoms with Crippen LogP contribution in [-0.4, -0.2) is 24.1 Å². The summed E-state index contributed by atoms with van der Waals surface area (Å²) >= 11 is 0. The summed E-state index contributed by atoms with van der Waals surface area (Å²) in [7, 11) is 0. The highest BCUT2D eigenvalue weighted by Crippen LogP contribution is 2.45. The second-order valence-corrected chi connectivity index (χ2v) is 9.67. The van der Waals surface area contributed by atoms with Gasteiger partial charge in [-0.25, -0.2) is 9.18 Å². The number of ether oxygens (including phenoxy) is 5. The molecule has 228 valence electrons. The largest absolute Gasteiger partial charge is 0.490 e. The highest BCUT2D eigenvalue weighted by Gasteiger charge is 2.32. The van der Waals surface area contributed by atoms with Crippen molar-refractivity contribution in [2.24, 2.45) is 5.73 Å². The number of allylic oxidation sites excluding steroid dienone is 1. The molecule has 11 nitrogen and oxygen atoms in total. The van der Waals surface area contributed by atoms with Crippen LogP contribution in [0.3, 0.4) is 0 Å². The number of hydrogen-bond acceptors (Lipinski definition) is 10. The van der Waals surface area contributed by atoms with E-state index in [2.05, 4.69) is 6.07 Å². The molecular weight excluding hydrogens is 585 g/mol. The quantitative estimate of drug-likeness (QED) is 0.0935. The second-order valence-electron chi connectivity index (χ2n) is 9.67. The lowest BCUT2D eigenvalue weighted by molar-refractivity contribution is -0.385. The molecule has 5 rings (SSSR count). The smallest absolute Gasteiger partial charge is 0.349 e. The maximum Gasteiger partial charge on any atom is 0.349 e. The maximum absolute atomic E-state index is 13.3. The molecule has 0 amide bonds. The average Bonchev–Trinajstić information content (AvgIpc) is 3.03. The minimum atomic E-state index is -0.806. The lowest BCUT2D eigenvalue weighted by atomic mass is 9.83. The molecule has 0 spiro atoms. The van der Waals surface area contributed by atoms with E-state index in [0.29, 0.717) is 29.2 Å². The Bertz CT molecular complexity index is 1820. The number of nitro groups is 1. The number of benzene rings is 4. The molecule has 12 heteroatoms. The molecule has 0 bridgehead atoms. The topological polar surface area (TPSA) is 156 Å². The molecule has 0 aromatic heterocycles. The number of nitrogens with two attached hydrogens (primary N) is 1. The molecule has 0 saturated heterocycles. The van der Waals surface area contributed by atoms with Crippen molar-refractivity contribution in [1.82, 2.24) is 0 Å². The van der Waals surface area contributed by atoms with Gasteiger partial charge in [0, 0.05) is 17.7 Å². The summed E-state index contributed by atoms with van der Waals surface area (Å²) in [6.07, 6.45) is 0. The van der Waals surface area contributed by atoms with Gasteiger partial charge in [-0.3, -0.25) is 10.1 Å². The fourth-order valence-electron chi connectivity index (χ4n) is 4.70. The molecule has 0 fully saturated rings. The van der Waals surface area contributed by atoms with Crippen molar-refractivity contribution in [2.75, 3.05) is 13.2 Å². The maximum atomic E-state index is 13.3. The summed E-state index contributed by atoms with van der Waals surface area (Å²) < 4.78 is 41.5. The zero-order valence-corrected chi connectivity index (χ0v) is 23.9. The van der Waals surface area contributed by atoms with E-state index >= 15 is 0 Å². The zero-order valence-electron chi connectivity index (χ0n) is 23.9. The highest BCUT2D eigenvalue weighted by molar-refractivity contribution is 5.74. The van der Waals surface area contributed by atoms with E-state index in [-0.39, 0.29) is 46.8 Å². The number of hydrogen-bond donors (Lipinski definition) is 1. The first kappa shape index (κ1) is 30.4. The van der Waals surface area contributed by atoms with Gasteiger partial charge in [0.15, 0.2) is 23.9 Å². The van der Waals surface area contributed by atoms with Gasteiger partial charge in [-0.1, -0.05) is 36.4 Å². The number of nitriles is 1. The SMILES string of the molecule is CCOc1cc(C2C(C#N)=C(N)Oc3cc(OC(=O)COc4ccccc4[N+](=O)[O-])ccc32)ccc1OCc1ccc(F)cc1. The number of esters is 1. The summed E-state index contributed by atoms with van der Waals surface area (Å²) in [5.41, 5.74) is 8.06. The van der Waals surface area contributed by atoms with E-state index in [1.165, 1.54) is 42.5 Å². The minimum absolute atomic E-state index is 0.0729. The number of halogens is 1. The number of nitrogens with zero attached hydrogens (tertiary/aromatic N) is 2. The Labute approximate surface area is 256 Å². The molecule has 0 aliphatic carbocycles. The third-order valence-corrected chi connectivity index (χ3v) is 6.74. The van der Waals surface area contributed by atoms with Gasteiger partial charge in [-0.05, 0) is 54.4 Å². The van der Waals surface area contributed by atoms with E-state index in [1.807, 2.05) is 6.92 Å². The van der Waals surface area contributed by atoms with Gasteiger partial charge in [0.25, 0.3) is 0 Å². The summed E-state index contributed by atoms with van der Waals surface area (Å²) in [6.45, 7) is 1.78. The fraction of sp³-hybridized carbons (Fsp3) is 0.152. The van der Waals surface area contributed by atoms with Crippen molar-refractivity contribution >= 4 is 11.7 Å². The van der Waals surface area contributed by atoms with Crippen LogP contribution in [-0.2, 0) is 11.4 Å². The Hall–Kier alpha value is -6.09. The second kappa shape index (κ2) is 13.5. The van der Waals surface area contributed by atoms with Gasteiger partial charge >= 0.3 is 11.7 Å². The van der Waals surface area contributed by atoms with E-state index in [0.717, 1.165) is 5.56 Å². The van der Waals surface area contributed by atoms with Crippen LogP contribution in [0.4, 0.5) is 10.1 Å². The summed E-state index contributed by atoms with van der Waals surface area (Å²) in [4.78, 5) is 23.1. The van der Waals surface area contributed by atoms with Crippen molar-refractivity contribution in [3.8, 4) is 34.8 Å². The Kier molecular flexibility index (Phi) is 9.09. The number of para-hydroxylation sites is 2. The van der Waals surface area contributed by atoms with Crippen LogP contribution in [0.1, 0.15) is 29.5 Å². The molecule has 2 N–H and O–H groups in total. The van der Waals surface area contributed by atoms with Crippen LogP contribution in [0.15, 0.2) is 96.4 Å². The molecule has 1 unspecified atom stereocenters. The molecule has 1 heterocycles. The predicted molar refractivity (Wildman–Crippen MR) is 158 cm³/mol. The van der Waals surface area contributed by atoms with Gasteiger partial charge in [0.05, 0.1) is 17.4 Å². The summed E-state index contributed by atoms with van der Waals surface area (Å²) in [5.74, 6) is -0.721. The zero-order chi connectivity index (χ0) is 31.9. The Morgan fingerprint density at radius 1 is 1.00 bits per heavy atom. The Morgan fingerprint density at radius 2 is 1.78 bits per heavy atom. The van der Waals surface area contributed by atoms with Crippen molar-refractivity contribution < 1.29 is 37.8 Å². The normalized spacial score (nSPS) is 13.6. The monoisotopic (exact) mass is 611 g/mol. The van der Waals surface area contributed by atoms with Crippen LogP contribution < -0.4 is 29.4 Å².